The molecule has 0 aliphatic carbocycles. The van der Waals surface area contributed by atoms with E-state index in [1.807, 2.05) is 6.92 Å². The number of guanidine groups is 1. The van der Waals surface area contributed by atoms with E-state index in [0.29, 0.717) is 31.2 Å². The van der Waals surface area contributed by atoms with Gasteiger partial charge in [0, 0.05) is 19.6 Å². The fourth-order valence-electron chi connectivity index (χ4n) is 2.61. The molecule has 0 saturated carbocycles. The Kier molecular flexibility index (Phi) is 9.22. The van der Waals surface area contributed by atoms with Crippen molar-refractivity contribution in [1.29, 1.82) is 0 Å². The molecule has 1 unspecified atom stereocenters. The molecule has 0 fully saturated rings. The van der Waals surface area contributed by atoms with Gasteiger partial charge >= 0.3 is 6.18 Å². The number of hydrogen-bond acceptors (Lipinski definition) is 3. The van der Waals surface area contributed by atoms with Crippen LogP contribution in [0.15, 0.2) is 29.3 Å². The summed E-state index contributed by atoms with van der Waals surface area (Å²) in [6.45, 7) is 8.47. The average molecular weight is 423 g/mol. The van der Waals surface area contributed by atoms with Crippen LogP contribution >= 0.6 is 0 Å². The van der Waals surface area contributed by atoms with Crippen molar-refractivity contribution in [1.82, 2.24) is 14.9 Å². The van der Waals surface area contributed by atoms with Crippen molar-refractivity contribution in [2.45, 2.75) is 39.9 Å². The predicted octanol–water partition coefficient (Wildman–Crippen LogP) is 2.99. The Labute approximate surface area is 165 Å². The quantitative estimate of drug-likeness (QED) is 0.474. The van der Waals surface area contributed by atoms with Gasteiger partial charge in [0.2, 0.25) is 10.0 Å². The Morgan fingerprint density at radius 3 is 2.39 bits per heavy atom. The van der Waals surface area contributed by atoms with Crippen LogP contribution in [0.25, 0.3) is 0 Å². The molecule has 0 radical (unpaired) electrons. The Hall–Kier alpha value is -1.81. The second-order valence-electron chi connectivity index (χ2n) is 6.15. The van der Waals surface area contributed by atoms with E-state index in [9.17, 15) is 21.6 Å². The van der Waals surface area contributed by atoms with E-state index in [1.54, 1.807) is 26.8 Å². The topological polar surface area (TPSA) is 73.8 Å². The molecule has 6 nitrogen and oxygen atoms in total. The number of sulfonamides is 1. The van der Waals surface area contributed by atoms with Crippen molar-refractivity contribution in [3.05, 3.63) is 35.4 Å². The summed E-state index contributed by atoms with van der Waals surface area (Å²) < 4.78 is 64.5. The van der Waals surface area contributed by atoms with Gasteiger partial charge in [-0.25, -0.2) is 12.7 Å². The molecule has 160 valence electrons. The fraction of sp³-hybridized carbons (Fsp3) is 0.611. The van der Waals surface area contributed by atoms with Crippen LogP contribution in [0.5, 0.6) is 0 Å². The molecule has 10 heteroatoms. The molecule has 28 heavy (non-hydrogen) atoms. The molecule has 0 aliphatic rings. The van der Waals surface area contributed by atoms with E-state index in [4.69, 9.17) is 0 Å². The first-order valence-electron chi connectivity index (χ1n) is 9.24. The lowest BCUT2D eigenvalue weighted by Crippen LogP contribution is -2.39. The van der Waals surface area contributed by atoms with Crippen LogP contribution < -0.4 is 10.6 Å². The monoisotopic (exact) mass is 422 g/mol. The maximum absolute atomic E-state index is 12.9. The molecule has 2 N–H and O–H groups in total. The third kappa shape index (κ3) is 7.31. The molecule has 1 rings (SSSR count). The van der Waals surface area contributed by atoms with Gasteiger partial charge in [-0.1, -0.05) is 26.0 Å². The molecule has 0 amide bonds. The fourth-order valence-corrected chi connectivity index (χ4v) is 3.98. The summed E-state index contributed by atoms with van der Waals surface area (Å²) in [5, 5.41) is 6.00. The maximum atomic E-state index is 12.9. The number of alkyl halides is 3. The molecule has 0 bridgehead atoms. The van der Waals surface area contributed by atoms with Crippen molar-refractivity contribution in [2.24, 2.45) is 4.99 Å². The largest absolute Gasteiger partial charge is 0.416 e. The molecule has 0 aliphatic heterocycles. The van der Waals surface area contributed by atoms with Crippen molar-refractivity contribution < 1.29 is 21.6 Å². The second-order valence-corrected chi connectivity index (χ2v) is 8.24. The molecule has 1 atom stereocenters. The minimum atomic E-state index is -4.41. The Bertz CT molecular complexity index is 747. The van der Waals surface area contributed by atoms with Crippen molar-refractivity contribution in [3.8, 4) is 0 Å². The Balaban J connectivity index is 2.85. The minimum Gasteiger partial charge on any atom is -0.357 e. The van der Waals surface area contributed by atoms with Gasteiger partial charge in [0.15, 0.2) is 5.96 Å². The number of halogens is 3. The van der Waals surface area contributed by atoms with Gasteiger partial charge in [-0.3, -0.25) is 4.99 Å². The molecular weight excluding hydrogens is 393 g/mol. The lowest BCUT2D eigenvalue weighted by molar-refractivity contribution is -0.137. The molecule has 1 aromatic rings. The van der Waals surface area contributed by atoms with E-state index in [0.717, 1.165) is 12.1 Å². The zero-order chi connectivity index (χ0) is 21.4. The number of rotatable bonds is 9. The van der Waals surface area contributed by atoms with Gasteiger partial charge in [-0.15, -0.1) is 0 Å². The number of nitrogens with one attached hydrogen (secondary N) is 2. The van der Waals surface area contributed by atoms with Crippen LogP contribution in [-0.2, 0) is 16.2 Å². The second kappa shape index (κ2) is 10.7. The highest BCUT2D eigenvalue weighted by Crippen LogP contribution is 2.30. The van der Waals surface area contributed by atoms with Gasteiger partial charge in [0.25, 0.3) is 0 Å². The molecule has 1 aromatic carbocycles. The van der Waals surface area contributed by atoms with Gasteiger partial charge in [-0.2, -0.15) is 13.2 Å². The lowest BCUT2D eigenvalue weighted by atomic mass is 10.1. The summed E-state index contributed by atoms with van der Waals surface area (Å²) in [5.74, 6) is 0.214. The van der Waals surface area contributed by atoms with E-state index in [-0.39, 0.29) is 12.3 Å². The van der Waals surface area contributed by atoms with Gasteiger partial charge in [0.05, 0.1) is 23.9 Å². The SMILES string of the molecule is CCNC(=NCCS(=O)(=O)N(CC)CC)NC(C)c1cccc(C(F)(F)F)c1. The summed E-state index contributed by atoms with van der Waals surface area (Å²) in [4.78, 5) is 4.25. The van der Waals surface area contributed by atoms with Crippen LogP contribution in [0.4, 0.5) is 13.2 Å². The molecule has 0 heterocycles. The third-order valence-corrected chi connectivity index (χ3v) is 6.13. The highest BCUT2D eigenvalue weighted by molar-refractivity contribution is 7.89. The smallest absolute Gasteiger partial charge is 0.357 e. The highest BCUT2D eigenvalue weighted by atomic mass is 32.2. The Morgan fingerprint density at radius 1 is 1.21 bits per heavy atom. The first-order chi connectivity index (χ1) is 13.0. The summed E-state index contributed by atoms with van der Waals surface area (Å²) in [6, 6.07) is 4.62. The summed E-state index contributed by atoms with van der Waals surface area (Å²) in [7, 11) is -3.39. The minimum absolute atomic E-state index is 0.0451. The highest BCUT2D eigenvalue weighted by Gasteiger charge is 2.30. The Morgan fingerprint density at radius 2 is 1.86 bits per heavy atom. The number of aliphatic imine (C=N–C) groups is 1. The maximum Gasteiger partial charge on any atom is 0.416 e. The van der Waals surface area contributed by atoms with E-state index >= 15 is 0 Å². The van der Waals surface area contributed by atoms with Crippen LogP contribution in [0, 0.1) is 0 Å². The van der Waals surface area contributed by atoms with Gasteiger partial charge < -0.3 is 10.6 Å². The van der Waals surface area contributed by atoms with Crippen molar-refractivity contribution >= 4 is 16.0 Å². The van der Waals surface area contributed by atoms with E-state index in [2.05, 4.69) is 15.6 Å². The normalized spacial score (nSPS) is 14.2. The predicted molar refractivity (Wildman–Crippen MR) is 106 cm³/mol. The standard InChI is InChI=1S/C18H29F3N4O2S/c1-5-22-17(23-11-12-28(26,27)25(6-2)7-3)24-14(4)15-9-8-10-16(13-15)18(19,20)21/h8-10,13-14H,5-7,11-12H2,1-4H3,(H2,22,23,24). The summed E-state index contributed by atoms with van der Waals surface area (Å²) >= 11 is 0. The van der Waals surface area contributed by atoms with Gasteiger partial charge in [0.1, 0.15) is 0 Å². The van der Waals surface area contributed by atoms with Crippen LogP contribution in [0.3, 0.4) is 0 Å². The average Bonchev–Trinajstić information content (AvgIpc) is 2.61. The molecule has 0 saturated heterocycles. The van der Waals surface area contributed by atoms with Crippen LogP contribution in [0.2, 0.25) is 0 Å². The van der Waals surface area contributed by atoms with Gasteiger partial charge in [-0.05, 0) is 31.5 Å². The van der Waals surface area contributed by atoms with Crippen LogP contribution in [-0.4, -0.2) is 50.6 Å². The van der Waals surface area contributed by atoms with E-state index < -0.39 is 27.8 Å². The molecule has 0 spiro atoms. The summed E-state index contributed by atoms with van der Waals surface area (Å²) in [6.07, 6.45) is -4.41. The number of hydrogen-bond donors (Lipinski definition) is 2. The first-order valence-corrected chi connectivity index (χ1v) is 10.9. The molecule has 0 aromatic heterocycles. The van der Waals surface area contributed by atoms with Crippen molar-refractivity contribution in [2.75, 3.05) is 31.9 Å². The zero-order valence-corrected chi connectivity index (χ0v) is 17.5. The number of benzene rings is 1. The van der Waals surface area contributed by atoms with Crippen molar-refractivity contribution in [3.63, 3.8) is 0 Å². The lowest BCUT2D eigenvalue weighted by Gasteiger charge is -2.20. The van der Waals surface area contributed by atoms with Crippen LogP contribution in [0.1, 0.15) is 44.9 Å². The van der Waals surface area contributed by atoms with E-state index in [1.165, 1.54) is 10.4 Å². The third-order valence-electron chi connectivity index (χ3n) is 4.13. The molecular formula is C18H29F3N4O2S. The first kappa shape index (κ1) is 24.2. The number of nitrogens with zero attached hydrogens (tertiary/aromatic N) is 2. The summed E-state index contributed by atoms with van der Waals surface area (Å²) in [5.41, 5.74) is -0.262. The zero-order valence-electron chi connectivity index (χ0n) is 16.7.